The highest BCUT2D eigenvalue weighted by Crippen LogP contribution is 2.25. The second kappa shape index (κ2) is 14.2. The summed E-state index contributed by atoms with van der Waals surface area (Å²) in [6.07, 6.45) is 5.43. The van der Waals surface area contributed by atoms with E-state index in [4.69, 9.17) is 10.5 Å². The van der Waals surface area contributed by atoms with Crippen molar-refractivity contribution in [2.45, 2.75) is 76.9 Å². The Bertz CT molecular complexity index is 2450. The summed E-state index contributed by atoms with van der Waals surface area (Å²) < 4.78 is 59.2. The monoisotopic (exact) mass is 732 g/mol. The molecule has 2 aromatic carbocycles. The van der Waals surface area contributed by atoms with Gasteiger partial charge < -0.3 is 15.8 Å². The number of hydrogen-bond donors (Lipinski definition) is 2. The van der Waals surface area contributed by atoms with Gasteiger partial charge in [-0.05, 0) is 83.9 Å². The normalized spacial score (nSPS) is 12.1. The number of carbonyl (C=O) groups is 1. The molecule has 4 heterocycles. The van der Waals surface area contributed by atoms with Crippen molar-refractivity contribution in [2.24, 2.45) is 5.73 Å². The molecule has 51 heavy (non-hydrogen) atoms. The van der Waals surface area contributed by atoms with Crippen LogP contribution in [0.3, 0.4) is 0 Å². The number of fused-ring (bicyclic) bond motifs is 2. The third-order valence-corrected chi connectivity index (χ3v) is 10.9. The van der Waals surface area contributed by atoms with Gasteiger partial charge in [0, 0.05) is 18.9 Å². The quantitative estimate of drug-likeness (QED) is 0.223. The molecule has 0 saturated heterocycles. The van der Waals surface area contributed by atoms with Crippen molar-refractivity contribution >= 4 is 48.5 Å². The summed E-state index contributed by atoms with van der Waals surface area (Å²) in [4.78, 5) is 29.6. The Kier molecular flexibility index (Phi) is 10.3. The van der Waals surface area contributed by atoms with Crippen LogP contribution in [0.2, 0.25) is 0 Å². The van der Waals surface area contributed by atoms with E-state index in [1.807, 2.05) is 13.8 Å². The topological polar surface area (TPSA) is 194 Å². The molecule has 0 aliphatic carbocycles. The highest BCUT2D eigenvalue weighted by Gasteiger charge is 2.24. The number of aromatic nitrogens is 6. The molecule has 268 valence electrons. The minimum absolute atomic E-state index is 0.118. The summed E-state index contributed by atoms with van der Waals surface area (Å²) in [5.74, 6) is 0. The van der Waals surface area contributed by atoms with Crippen LogP contribution in [-0.2, 0) is 37.9 Å². The van der Waals surface area contributed by atoms with Gasteiger partial charge in [0.05, 0.1) is 40.1 Å². The molecule has 6 rings (SSSR count). The Morgan fingerprint density at radius 1 is 0.725 bits per heavy atom. The lowest BCUT2D eigenvalue weighted by Crippen LogP contribution is -2.32. The number of carbonyl (C=O) groups excluding carboxylic acids is 1. The smallest absolute Gasteiger partial charge is 0.407 e. The molecule has 4 aromatic heterocycles. The molecule has 14 nitrogen and oxygen atoms in total. The fourth-order valence-electron chi connectivity index (χ4n) is 4.96. The van der Waals surface area contributed by atoms with Gasteiger partial charge >= 0.3 is 6.09 Å². The van der Waals surface area contributed by atoms with Crippen molar-refractivity contribution in [1.29, 1.82) is 0 Å². The van der Waals surface area contributed by atoms with Crippen LogP contribution in [0.15, 0.2) is 83.1 Å². The lowest BCUT2D eigenvalue weighted by atomic mass is 10.2. The second-order valence-electron chi connectivity index (χ2n) is 13.0. The van der Waals surface area contributed by atoms with Gasteiger partial charge in [-0.25, -0.2) is 49.5 Å². The first-order valence-corrected chi connectivity index (χ1v) is 18.8. The SMILES string of the molecule is Cc1ccc(S(=O)(=O)n2cc(C)c3nc(CN)cnc32)cc1.Cc1ccc(S(=O)(=O)n2cc(C)c3nc(CNC(=O)OC(C)(C)C)cnc32)cc1. The Labute approximate surface area is 296 Å². The number of nitrogens with one attached hydrogen (secondary N) is 1. The standard InChI is InChI=1S/C20H24N4O4S.C15H16N4O2S/c1-13-6-8-16(9-7-13)29(26,27)24-12-14(2)17-18(24)21-10-15(23-17)11-22-19(25)28-20(3,4)5;1-10-3-5-13(6-4-10)22(20,21)19-9-11(2)14-15(19)17-8-12(7-16)18-14/h6-10,12H,11H2,1-5H3,(H,22,25);3-6,8-9H,7,16H2,1-2H3. The van der Waals surface area contributed by atoms with Crippen molar-refractivity contribution in [3.05, 3.63) is 107 Å². The van der Waals surface area contributed by atoms with E-state index in [1.165, 1.54) is 22.6 Å². The average Bonchev–Trinajstić information content (AvgIpc) is 3.60. The molecule has 6 aromatic rings. The molecule has 0 saturated carbocycles. The van der Waals surface area contributed by atoms with Crippen LogP contribution in [0, 0.1) is 27.7 Å². The number of rotatable bonds is 7. The molecule has 16 heteroatoms. The number of hydrogen-bond acceptors (Lipinski definition) is 11. The van der Waals surface area contributed by atoms with Crippen LogP contribution >= 0.6 is 0 Å². The third kappa shape index (κ3) is 8.08. The van der Waals surface area contributed by atoms with Crippen LogP contribution in [-0.4, -0.2) is 56.4 Å². The molecule has 0 unspecified atom stereocenters. The van der Waals surface area contributed by atoms with Crippen molar-refractivity contribution < 1.29 is 26.4 Å². The van der Waals surface area contributed by atoms with Crippen LogP contribution in [0.5, 0.6) is 0 Å². The molecular formula is C35H40N8O6S2. The number of nitrogens with two attached hydrogens (primary N) is 1. The van der Waals surface area contributed by atoms with Gasteiger partial charge in [-0.2, -0.15) is 0 Å². The molecule has 0 bridgehead atoms. The summed E-state index contributed by atoms with van der Waals surface area (Å²) >= 11 is 0. The molecule has 0 aliphatic heterocycles. The lowest BCUT2D eigenvalue weighted by molar-refractivity contribution is 0.0523. The van der Waals surface area contributed by atoms with Crippen molar-refractivity contribution in [3.8, 4) is 0 Å². The van der Waals surface area contributed by atoms with E-state index in [9.17, 15) is 21.6 Å². The van der Waals surface area contributed by atoms with E-state index in [2.05, 4.69) is 25.3 Å². The van der Waals surface area contributed by atoms with Gasteiger partial charge in [0.2, 0.25) is 0 Å². The van der Waals surface area contributed by atoms with Gasteiger partial charge in [0.1, 0.15) is 16.6 Å². The third-order valence-electron chi connectivity index (χ3n) is 7.57. The van der Waals surface area contributed by atoms with Crippen molar-refractivity contribution in [2.75, 3.05) is 0 Å². The summed E-state index contributed by atoms with van der Waals surface area (Å²) in [6, 6.07) is 13.3. The van der Waals surface area contributed by atoms with E-state index < -0.39 is 31.7 Å². The van der Waals surface area contributed by atoms with Crippen LogP contribution in [0.1, 0.15) is 54.4 Å². The van der Waals surface area contributed by atoms with Gasteiger partial charge in [-0.15, -0.1) is 0 Å². The maximum atomic E-state index is 13.0. The first-order chi connectivity index (χ1) is 23.9. The van der Waals surface area contributed by atoms with Crippen molar-refractivity contribution in [3.63, 3.8) is 0 Å². The molecule has 0 fully saturated rings. The van der Waals surface area contributed by atoms with Crippen molar-refractivity contribution in [1.82, 2.24) is 33.2 Å². The Morgan fingerprint density at radius 2 is 1.14 bits per heavy atom. The van der Waals surface area contributed by atoms with Crippen LogP contribution < -0.4 is 11.1 Å². The van der Waals surface area contributed by atoms with Gasteiger partial charge in [0.25, 0.3) is 20.0 Å². The number of amides is 1. The van der Waals surface area contributed by atoms with Crippen LogP contribution in [0.25, 0.3) is 22.3 Å². The van der Waals surface area contributed by atoms with E-state index in [1.54, 1.807) is 89.3 Å². The average molecular weight is 733 g/mol. The minimum Gasteiger partial charge on any atom is -0.444 e. The zero-order valence-electron chi connectivity index (χ0n) is 29.4. The number of ether oxygens (including phenoxy) is 1. The molecule has 0 atom stereocenters. The molecule has 1 amide bonds. The molecule has 3 N–H and O–H groups in total. The summed E-state index contributed by atoms with van der Waals surface area (Å²) in [5, 5.41) is 2.62. The first-order valence-electron chi connectivity index (χ1n) is 15.9. The Balaban J connectivity index is 0.000000205. The summed E-state index contributed by atoms with van der Waals surface area (Å²) in [7, 11) is -7.49. The minimum atomic E-state index is -3.80. The maximum absolute atomic E-state index is 13.0. The largest absolute Gasteiger partial charge is 0.444 e. The Morgan fingerprint density at radius 3 is 1.55 bits per heavy atom. The van der Waals surface area contributed by atoms with E-state index in [-0.39, 0.29) is 28.5 Å². The summed E-state index contributed by atoms with van der Waals surface area (Å²) in [6.45, 7) is 13.1. The number of aryl methyl sites for hydroxylation is 4. The number of benzene rings is 2. The zero-order valence-corrected chi connectivity index (χ0v) is 31.0. The summed E-state index contributed by atoms with van der Waals surface area (Å²) in [5.41, 5.74) is 11.0. The van der Waals surface area contributed by atoms with E-state index in [0.717, 1.165) is 20.7 Å². The second-order valence-corrected chi connectivity index (χ2v) is 16.6. The molecule has 0 aliphatic rings. The van der Waals surface area contributed by atoms with Crippen LogP contribution in [0.4, 0.5) is 4.79 Å². The van der Waals surface area contributed by atoms with Gasteiger partial charge in [-0.1, -0.05) is 35.4 Å². The maximum Gasteiger partial charge on any atom is 0.407 e. The fourth-order valence-corrected chi connectivity index (χ4v) is 7.69. The highest BCUT2D eigenvalue weighted by molar-refractivity contribution is 7.90. The number of nitrogens with zero attached hydrogens (tertiary/aromatic N) is 6. The first kappa shape index (κ1) is 37.1. The lowest BCUT2D eigenvalue weighted by Gasteiger charge is -2.19. The fraction of sp³-hybridized carbons (Fsp3) is 0.286. The van der Waals surface area contributed by atoms with Gasteiger partial charge in [0.15, 0.2) is 11.3 Å². The molecule has 0 radical (unpaired) electrons. The van der Waals surface area contributed by atoms with E-state index >= 15 is 0 Å². The Hall–Kier alpha value is -5.19. The number of alkyl carbamates (subject to hydrolysis) is 1. The zero-order chi connectivity index (χ0) is 37.3. The molecular weight excluding hydrogens is 693 g/mol. The van der Waals surface area contributed by atoms with Gasteiger partial charge in [-0.3, -0.25) is 0 Å². The highest BCUT2D eigenvalue weighted by atomic mass is 32.2. The van der Waals surface area contributed by atoms with E-state index in [0.29, 0.717) is 33.6 Å². The molecule has 0 spiro atoms. The predicted octanol–water partition coefficient (Wildman–Crippen LogP) is 5.05. The predicted molar refractivity (Wildman–Crippen MR) is 193 cm³/mol.